The number of imidazole rings is 1. The summed E-state index contributed by atoms with van der Waals surface area (Å²) in [6.45, 7) is 0. The van der Waals surface area contributed by atoms with Gasteiger partial charge in [-0.1, -0.05) is 30.3 Å². The second-order valence-corrected chi connectivity index (χ2v) is 9.12. The van der Waals surface area contributed by atoms with Crippen LogP contribution in [0, 0.1) is 5.82 Å². The molecule has 0 bridgehead atoms. The molecule has 0 saturated carbocycles. The average Bonchev–Trinajstić information content (AvgIpc) is 3.62. The molecule has 0 aliphatic heterocycles. The first-order valence-electron chi connectivity index (χ1n) is 12.4. The lowest BCUT2D eigenvalue weighted by atomic mass is 10.1. The smallest absolute Gasteiger partial charge is 0.255 e. The van der Waals surface area contributed by atoms with Crippen molar-refractivity contribution in [1.29, 1.82) is 0 Å². The van der Waals surface area contributed by atoms with Gasteiger partial charge in [0.05, 0.1) is 40.3 Å². The molecule has 0 atom stereocenters. The Morgan fingerprint density at radius 1 is 0.775 bits per heavy atom. The summed E-state index contributed by atoms with van der Waals surface area (Å²) >= 11 is 0. The van der Waals surface area contributed by atoms with E-state index in [1.807, 2.05) is 36.4 Å². The number of H-pyrrole nitrogens is 2. The third-order valence-corrected chi connectivity index (χ3v) is 6.51. The molecule has 0 spiro atoms. The molecule has 0 aliphatic rings. The summed E-state index contributed by atoms with van der Waals surface area (Å²) in [4.78, 5) is 34.2. The molecule has 0 fully saturated rings. The molecule has 10 heteroatoms. The number of anilines is 1. The standard InChI is InChI=1S/C30H19FN8O/c31-20-8-6-17(7-9-20)22-15-33-16-25-26(22)37-29(36-25)28-27-24(38-39-28)11-10-23(35-27)19-12-21(14-32-13-19)34-30(40)18-4-2-1-3-5-18/h1-16H,(H,34,40)(H,36,37)(H,38,39). The first-order chi connectivity index (χ1) is 19.6. The highest BCUT2D eigenvalue weighted by Gasteiger charge is 2.17. The molecule has 7 aromatic rings. The molecule has 7 rings (SSSR count). The van der Waals surface area contributed by atoms with Crippen LogP contribution in [0.5, 0.6) is 0 Å². The highest BCUT2D eigenvalue weighted by Crippen LogP contribution is 2.31. The number of aromatic nitrogens is 7. The van der Waals surface area contributed by atoms with E-state index in [0.717, 1.165) is 27.7 Å². The molecule has 5 heterocycles. The number of rotatable bonds is 5. The summed E-state index contributed by atoms with van der Waals surface area (Å²) < 4.78 is 13.5. The van der Waals surface area contributed by atoms with Gasteiger partial charge in [0.15, 0.2) is 11.5 Å². The van der Waals surface area contributed by atoms with Crippen molar-refractivity contribution in [3.8, 4) is 33.9 Å². The summed E-state index contributed by atoms with van der Waals surface area (Å²) in [5.74, 6) is -0.0143. The molecule has 5 aromatic heterocycles. The van der Waals surface area contributed by atoms with Gasteiger partial charge in [0, 0.05) is 29.1 Å². The second kappa shape index (κ2) is 9.52. The number of carbonyl (C=O) groups is 1. The summed E-state index contributed by atoms with van der Waals surface area (Å²) in [5, 5.41) is 10.4. The summed E-state index contributed by atoms with van der Waals surface area (Å²) in [7, 11) is 0. The van der Waals surface area contributed by atoms with E-state index in [2.05, 4.69) is 30.5 Å². The number of amides is 1. The predicted molar refractivity (Wildman–Crippen MR) is 150 cm³/mol. The van der Waals surface area contributed by atoms with Crippen molar-refractivity contribution < 1.29 is 9.18 Å². The summed E-state index contributed by atoms with van der Waals surface area (Å²) in [5.41, 5.74) is 7.37. The number of aromatic amines is 2. The largest absolute Gasteiger partial charge is 0.335 e. The lowest BCUT2D eigenvalue weighted by molar-refractivity contribution is 0.102. The molecule has 1 amide bonds. The van der Waals surface area contributed by atoms with E-state index < -0.39 is 0 Å². The zero-order valence-corrected chi connectivity index (χ0v) is 20.8. The van der Waals surface area contributed by atoms with Crippen LogP contribution in [0.4, 0.5) is 10.1 Å². The fourth-order valence-electron chi connectivity index (χ4n) is 4.55. The molecule has 40 heavy (non-hydrogen) atoms. The Kier molecular flexibility index (Phi) is 5.56. The van der Waals surface area contributed by atoms with Gasteiger partial charge in [-0.3, -0.25) is 19.9 Å². The maximum atomic E-state index is 13.5. The van der Waals surface area contributed by atoms with E-state index in [1.54, 1.807) is 49.1 Å². The maximum Gasteiger partial charge on any atom is 0.255 e. The number of nitrogens with zero attached hydrogens (tertiary/aromatic N) is 5. The lowest BCUT2D eigenvalue weighted by Gasteiger charge is -2.07. The normalized spacial score (nSPS) is 11.2. The van der Waals surface area contributed by atoms with E-state index in [4.69, 9.17) is 9.97 Å². The van der Waals surface area contributed by atoms with Crippen LogP contribution < -0.4 is 5.32 Å². The fraction of sp³-hybridized carbons (Fsp3) is 0. The molecule has 192 valence electrons. The fourth-order valence-corrected chi connectivity index (χ4v) is 4.55. The van der Waals surface area contributed by atoms with Gasteiger partial charge in [-0.2, -0.15) is 5.10 Å². The van der Waals surface area contributed by atoms with Crippen molar-refractivity contribution in [2.45, 2.75) is 0 Å². The molecule has 0 radical (unpaired) electrons. The molecule has 9 nitrogen and oxygen atoms in total. The average molecular weight is 527 g/mol. The number of benzene rings is 2. The van der Waals surface area contributed by atoms with Crippen molar-refractivity contribution in [3.05, 3.63) is 109 Å². The molecule has 0 aliphatic carbocycles. The maximum absolute atomic E-state index is 13.5. The number of carbonyl (C=O) groups excluding carboxylic acids is 1. The van der Waals surface area contributed by atoms with Crippen LogP contribution in [0.2, 0.25) is 0 Å². The zero-order chi connectivity index (χ0) is 27.1. The summed E-state index contributed by atoms with van der Waals surface area (Å²) in [6.07, 6.45) is 6.67. The first kappa shape index (κ1) is 23.4. The minimum atomic E-state index is -0.309. The number of hydrogen-bond acceptors (Lipinski definition) is 6. The Balaban J connectivity index is 1.25. The highest BCUT2D eigenvalue weighted by atomic mass is 19.1. The van der Waals surface area contributed by atoms with E-state index in [9.17, 15) is 9.18 Å². The Morgan fingerprint density at radius 3 is 2.45 bits per heavy atom. The molecule has 0 unspecified atom stereocenters. The summed E-state index contributed by atoms with van der Waals surface area (Å²) in [6, 6.07) is 20.8. The third-order valence-electron chi connectivity index (χ3n) is 6.51. The van der Waals surface area contributed by atoms with E-state index in [0.29, 0.717) is 39.5 Å². The number of hydrogen-bond donors (Lipinski definition) is 3. The second-order valence-electron chi connectivity index (χ2n) is 9.12. The van der Waals surface area contributed by atoms with Crippen molar-refractivity contribution >= 4 is 33.7 Å². The Morgan fingerprint density at radius 2 is 1.60 bits per heavy atom. The predicted octanol–water partition coefficient (Wildman–Crippen LogP) is 6.02. The SMILES string of the molecule is O=C(Nc1cncc(-c2ccc3[nH]nc(-c4nc5c(-c6ccc(F)cc6)cncc5[nH]4)c3n2)c1)c1ccccc1. The molecule has 0 saturated heterocycles. The Hall–Kier alpha value is -5.77. The Labute approximate surface area is 226 Å². The van der Waals surface area contributed by atoms with Crippen LogP contribution in [0.1, 0.15) is 10.4 Å². The van der Waals surface area contributed by atoms with E-state index in [1.165, 1.54) is 12.1 Å². The minimum Gasteiger partial charge on any atom is -0.335 e. The van der Waals surface area contributed by atoms with Crippen LogP contribution in [-0.2, 0) is 0 Å². The van der Waals surface area contributed by atoms with Crippen molar-refractivity contribution in [2.75, 3.05) is 5.32 Å². The van der Waals surface area contributed by atoms with Gasteiger partial charge in [0.2, 0.25) is 0 Å². The topological polar surface area (TPSA) is 125 Å². The molecular formula is C30H19FN8O. The van der Waals surface area contributed by atoms with Crippen molar-refractivity contribution in [2.24, 2.45) is 0 Å². The minimum absolute atomic E-state index is 0.223. The number of fused-ring (bicyclic) bond motifs is 2. The van der Waals surface area contributed by atoms with Gasteiger partial charge in [-0.15, -0.1) is 0 Å². The van der Waals surface area contributed by atoms with Gasteiger partial charge >= 0.3 is 0 Å². The van der Waals surface area contributed by atoms with Gasteiger partial charge in [0.1, 0.15) is 11.3 Å². The molecule has 3 N–H and O–H groups in total. The third kappa shape index (κ3) is 4.23. The van der Waals surface area contributed by atoms with Crippen LogP contribution in [0.3, 0.4) is 0 Å². The van der Waals surface area contributed by atoms with Gasteiger partial charge < -0.3 is 10.3 Å². The highest BCUT2D eigenvalue weighted by molar-refractivity contribution is 6.04. The van der Waals surface area contributed by atoms with Crippen LogP contribution in [-0.4, -0.2) is 41.0 Å². The van der Waals surface area contributed by atoms with Crippen molar-refractivity contribution in [1.82, 2.24) is 35.1 Å². The monoisotopic (exact) mass is 526 g/mol. The first-order valence-corrected chi connectivity index (χ1v) is 12.4. The zero-order valence-electron chi connectivity index (χ0n) is 20.8. The van der Waals surface area contributed by atoms with Crippen LogP contribution in [0.15, 0.2) is 97.6 Å². The number of pyridine rings is 3. The van der Waals surface area contributed by atoms with Crippen molar-refractivity contribution in [3.63, 3.8) is 0 Å². The van der Waals surface area contributed by atoms with Crippen LogP contribution in [0.25, 0.3) is 56.0 Å². The van der Waals surface area contributed by atoms with Gasteiger partial charge in [0.25, 0.3) is 5.91 Å². The molecular weight excluding hydrogens is 507 g/mol. The van der Waals surface area contributed by atoms with Gasteiger partial charge in [-0.05, 0) is 48.0 Å². The Bertz CT molecular complexity index is 2020. The van der Waals surface area contributed by atoms with E-state index >= 15 is 0 Å². The molecule has 2 aromatic carbocycles. The van der Waals surface area contributed by atoms with E-state index in [-0.39, 0.29) is 11.7 Å². The quantitative estimate of drug-likeness (QED) is 0.252. The van der Waals surface area contributed by atoms with Gasteiger partial charge in [-0.25, -0.2) is 14.4 Å². The number of halogens is 1. The lowest BCUT2D eigenvalue weighted by Crippen LogP contribution is -2.11. The van der Waals surface area contributed by atoms with Crippen LogP contribution >= 0.6 is 0 Å². The number of nitrogens with one attached hydrogen (secondary N) is 3.